The number of nitrogens with zero attached hydrogens (tertiary/aromatic N) is 2. The van der Waals surface area contributed by atoms with Gasteiger partial charge < -0.3 is 16.2 Å². The number of anilines is 3. The van der Waals surface area contributed by atoms with Crippen molar-refractivity contribution < 1.29 is 9.90 Å². The molecular weight excluding hydrogens is 264 g/mol. The fourth-order valence-electron chi connectivity index (χ4n) is 1.45. The van der Waals surface area contributed by atoms with Gasteiger partial charge in [-0.15, -0.1) is 11.3 Å². The Morgan fingerprint density at radius 3 is 2.84 bits per heavy atom. The van der Waals surface area contributed by atoms with Gasteiger partial charge in [0.15, 0.2) is 5.13 Å². The number of rotatable bonds is 4. The van der Waals surface area contributed by atoms with E-state index in [0.29, 0.717) is 16.7 Å². The summed E-state index contributed by atoms with van der Waals surface area (Å²) in [6.45, 7) is 4.09. The van der Waals surface area contributed by atoms with Crippen LogP contribution >= 0.6 is 11.3 Å². The van der Waals surface area contributed by atoms with Gasteiger partial charge in [-0.2, -0.15) is 0 Å². The molecule has 0 aliphatic rings. The first-order valence-corrected chi connectivity index (χ1v) is 6.56. The molecule has 6 nitrogen and oxygen atoms in total. The maximum absolute atomic E-state index is 11.1. The van der Waals surface area contributed by atoms with Gasteiger partial charge in [-0.05, 0) is 12.0 Å². The van der Waals surface area contributed by atoms with Gasteiger partial charge in [0.05, 0.1) is 17.6 Å². The van der Waals surface area contributed by atoms with Crippen LogP contribution in [0.2, 0.25) is 0 Å². The summed E-state index contributed by atoms with van der Waals surface area (Å²) >= 11 is 1.41. The predicted octanol–water partition coefficient (Wildman–Crippen LogP) is 2.69. The summed E-state index contributed by atoms with van der Waals surface area (Å²) in [5.74, 6) is -0.514. The molecule has 0 saturated carbocycles. The van der Waals surface area contributed by atoms with Gasteiger partial charge in [0.1, 0.15) is 11.4 Å². The van der Waals surface area contributed by atoms with Crippen LogP contribution in [0.15, 0.2) is 17.6 Å². The fraction of sp³-hybridized carbons (Fsp3) is 0.250. The molecule has 2 aromatic heterocycles. The summed E-state index contributed by atoms with van der Waals surface area (Å²) in [7, 11) is 0. The third-order valence-corrected chi connectivity index (χ3v) is 3.25. The van der Waals surface area contributed by atoms with Crippen LogP contribution in [0, 0.1) is 0 Å². The molecule has 4 N–H and O–H groups in total. The topological polar surface area (TPSA) is 101 Å². The number of thiazole rings is 1. The van der Waals surface area contributed by atoms with Crippen molar-refractivity contribution in [1.82, 2.24) is 9.97 Å². The zero-order valence-corrected chi connectivity index (χ0v) is 11.4. The first-order chi connectivity index (χ1) is 8.97. The molecule has 0 bridgehead atoms. The molecule has 0 amide bonds. The van der Waals surface area contributed by atoms with Crippen molar-refractivity contribution in [2.45, 2.75) is 19.8 Å². The highest BCUT2D eigenvalue weighted by molar-refractivity contribution is 7.13. The quantitative estimate of drug-likeness (QED) is 0.794. The maximum atomic E-state index is 11.1. The summed E-state index contributed by atoms with van der Waals surface area (Å²) in [6.07, 6.45) is 1.41. The molecule has 0 spiro atoms. The summed E-state index contributed by atoms with van der Waals surface area (Å²) < 4.78 is 0. The van der Waals surface area contributed by atoms with Gasteiger partial charge in [0.25, 0.3) is 0 Å². The summed E-state index contributed by atoms with van der Waals surface area (Å²) in [6, 6.07) is 1.37. The zero-order chi connectivity index (χ0) is 14.0. The molecule has 0 aromatic carbocycles. The van der Waals surface area contributed by atoms with Crippen LogP contribution in [0.4, 0.5) is 16.6 Å². The predicted molar refractivity (Wildman–Crippen MR) is 75.1 cm³/mol. The van der Waals surface area contributed by atoms with E-state index in [1.807, 2.05) is 19.2 Å². The average Bonchev–Trinajstić information content (AvgIpc) is 2.80. The first-order valence-electron chi connectivity index (χ1n) is 5.68. The Bertz CT molecular complexity index is 610. The number of carbonyl (C=O) groups is 1. The number of aromatic carboxylic acids is 1. The lowest BCUT2D eigenvalue weighted by molar-refractivity contribution is 0.0697. The second-order valence-corrected chi connectivity index (χ2v) is 5.19. The van der Waals surface area contributed by atoms with E-state index < -0.39 is 5.97 Å². The van der Waals surface area contributed by atoms with Crippen LogP contribution in [-0.4, -0.2) is 21.0 Å². The van der Waals surface area contributed by atoms with E-state index >= 15 is 0 Å². The van der Waals surface area contributed by atoms with Gasteiger partial charge >= 0.3 is 5.97 Å². The number of carboxylic acid groups (broad SMARTS) is 1. The Kier molecular flexibility index (Phi) is 3.66. The van der Waals surface area contributed by atoms with Gasteiger partial charge in [0, 0.05) is 5.38 Å². The van der Waals surface area contributed by atoms with Crippen LogP contribution in [0.1, 0.15) is 35.8 Å². The smallest absolute Gasteiger partial charge is 0.339 e. The van der Waals surface area contributed by atoms with Crippen molar-refractivity contribution in [1.29, 1.82) is 0 Å². The van der Waals surface area contributed by atoms with E-state index in [-0.39, 0.29) is 11.4 Å². The Balaban J connectivity index is 2.29. The van der Waals surface area contributed by atoms with Gasteiger partial charge in [0.2, 0.25) is 0 Å². The van der Waals surface area contributed by atoms with Gasteiger partial charge in [-0.25, -0.2) is 14.8 Å². The van der Waals surface area contributed by atoms with Crippen molar-refractivity contribution in [3.63, 3.8) is 0 Å². The molecule has 2 rings (SSSR count). The minimum absolute atomic E-state index is 0.0290. The lowest BCUT2D eigenvalue weighted by Gasteiger charge is -2.06. The summed E-state index contributed by atoms with van der Waals surface area (Å²) in [4.78, 5) is 19.5. The van der Waals surface area contributed by atoms with E-state index in [9.17, 15) is 4.79 Å². The third-order valence-electron chi connectivity index (χ3n) is 2.48. The maximum Gasteiger partial charge on any atom is 0.339 e. The van der Waals surface area contributed by atoms with Crippen molar-refractivity contribution in [3.8, 4) is 0 Å². The Morgan fingerprint density at radius 1 is 1.53 bits per heavy atom. The first kappa shape index (κ1) is 13.3. The van der Waals surface area contributed by atoms with Gasteiger partial charge in [-0.3, -0.25) is 0 Å². The highest BCUT2D eigenvalue weighted by atomic mass is 32.1. The van der Waals surface area contributed by atoms with E-state index in [4.69, 9.17) is 10.8 Å². The van der Waals surface area contributed by atoms with E-state index in [1.54, 1.807) is 0 Å². The number of carboxylic acids is 1. The molecule has 0 aliphatic carbocycles. The number of hydrogen-bond donors (Lipinski definition) is 3. The summed E-state index contributed by atoms with van der Waals surface area (Å²) in [5.41, 5.74) is 6.83. The molecule has 0 saturated heterocycles. The highest BCUT2D eigenvalue weighted by Gasteiger charge is 2.14. The van der Waals surface area contributed by atoms with E-state index in [2.05, 4.69) is 15.3 Å². The van der Waals surface area contributed by atoms with E-state index in [0.717, 1.165) is 5.69 Å². The third kappa shape index (κ3) is 3.00. The molecule has 2 aromatic rings. The van der Waals surface area contributed by atoms with E-state index in [1.165, 1.54) is 23.6 Å². The minimum atomic E-state index is -1.08. The lowest BCUT2D eigenvalue weighted by Crippen LogP contribution is -2.06. The highest BCUT2D eigenvalue weighted by Crippen LogP contribution is 2.26. The number of pyridine rings is 1. The standard InChI is InChI=1S/C12H14N4O2S/c1-6(2)9-5-19-12(15-9)16-10-8(11(17)18)3-7(13)4-14-10/h3-6H,13H2,1-2H3,(H,17,18)(H,14,15,16). The molecular formula is C12H14N4O2S. The number of hydrogen-bond acceptors (Lipinski definition) is 6. The van der Waals surface area contributed by atoms with Crippen molar-refractivity contribution in [2.24, 2.45) is 0 Å². The van der Waals surface area contributed by atoms with Crippen molar-refractivity contribution in [2.75, 3.05) is 11.1 Å². The fourth-order valence-corrected chi connectivity index (χ4v) is 2.32. The average molecular weight is 278 g/mol. The van der Waals surface area contributed by atoms with Crippen molar-refractivity contribution >= 4 is 33.9 Å². The Labute approximate surface area is 114 Å². The second kappa shape index (κ2) is 5.23. The largest absolute Gasteiger partial charge is 0.478 e. The molecule has 0 atom stereocenters. The second-order valence-electron chi connectivity index (χ2n) is 4.33. The van der Waals surface area contributed by atoms with Crippen LogP contribution < -0.4 is 11.1 Å². The van der Waals surface area contributed by atoms with Crippen LogP contribution in [0.5, 0.6) is 0 Å². The Morgan fingerprint density at radius 2 is 2.26 bits per heavy atom. The van der Waals surface area contributed by atoms with Gasteiger partial charge in [-0.1, -0.05) is 13.8 Å². The van der Waals surface area contributed by atoms with Crippen molar-refractivity contribution in [3.05, 3.63) is 28.9 Å². The summed E-state index contributed by atoms with van der Waals surface area (Å²) in [5, 5.41) is 14.6. The molecule has 100 valence electrons. The normalized spacial score (nSPS) is 10.7. The molecule has 19 heavy (non-hydrogen) atoms. The number of nitrogen functional groups attached to an aromatic ring is 1. The molecule has 0 aliphatic heterocycles. The molecule has 7 heteroatoms. The minimum Gasteiger partial charge on any atom is -0.478 e. The molecule has 0 radical (unpaired) electrons. The molecule has 0 unspecified atom stereocenters. The number of nitrogens with two attached hydrogens (primary N) is 1. The lowest BCUT2D eigenvalue weighted by atomic mass is 10.2. The van der Waals surface area contributed by atoms with Crippen LogP contribution in [0.3, 0.4) is 0 Å². The zero-order valence-electron chi connectivity index (χ0n) is 10.5. The number of nitrogens with one attached hydrogen (secondary N) is 1. The van der Waals surface area contributed by atoms with Crippen LogP contribution in [-0.2, 0) is 0 Å². The monoisotopic (exact) mass is 278 g/mol. The van der Waals surface area contributed by atoms with Crippen LogP contribution in [0.25, 0.3) is 0 Å². The number of aromatic nitrogens is 2. The molecule has 2 heterocycles. The molecule has 0 fully saturated rings. The Hall–Kier alpha value is -2.15. The SMILES string of the molecule is CC(C)c1csc(Nc2ncc(N)cc2C(=O)O)n1.